The second-order valence-electron chi connectivity index (χ2n) is 3.26. The fourth-order valence-electron chi connectivity index (χ4n) is 1.30. The Balaban J connectivity index is 2.48. The second kappa shape index (κ2) is 3.87. The van der Waals surface area contributed by atoms with Gasteiger partial charge in [-0.15, -0.1) is 0 Å². The van der Waals surface area contributed by atoms with Gasteiger partial charge in [-0.3, -0.25) is 4.79 Å². The van der Waals surface area contributed by atoms with E-state index in [1.807, 2.05) is 6.92 Å². The molecule has 0 bridgehead atoms. The molecular formula is C8H16N2O2. The molecule has 1 heterocycles. The van der Waals surface area contributed by atoms with Crippen molar-refractivity contribution in [3.05, 3.63) is 0 Å². The summed E-state index contributed by atoms with van der Waals surface area (Å²) in [6, 6.07) is 0. The molecule has 0 aromatic carbocycles. The Labute approximate surface area is 72.7 Å². The molecule has 0 aromatic heterocycles. The van der Waals surface area contributed by atoms with Crippen LogP contribution >= 0.6 is 0 Å². The van der Waals surface area contributed by atoms with Crippen LogP contribution in [-0.4, -0.2) is 38.3 Å². The summed E-state index contributed by atoms with van der Waals surface area (Å²) >= 11 is 0. The van der Waals surface area contributed by atoms with Crippen molar-refractivity contribution in [2.75, 3.05) is 26.8 Å². The van der Waals surface area contributed by atoms with E-state index in [9.17, 15) is 4.79 Å². The highest BCUT2D eigenvalue weighted by Crippen LogP contribution is 2.11. The van der Waals surface area contributed by atoms with Crippen LogP contribution in [0.1, 0.15) is 13.3 Å². The summed E-state index contributed by atoms with van der Waals surface area (Å²) in [6.45, 7) is 4.07. The molecule has 2 N–H and O–H groups in total. The molecule has 4 heteroatoms. The third-order valence-electron chi connectivity index (χ3n) is 2.23. The summed E-state index contributed by atoms with van der Waals surface area (Å²) in [7, 11) is 1.64. The van der Waals surface area contributed by atoms with Crippen LogP contribution < -0.4 is 10.6 Å². The van der Waals surface area contributed by atoms with Gasteiger partial charge in [-0.2, -0.15) is 0 Å². The zero-order valence-electron chi connectivity index (χ0n) is 7.64. The maximum absolute atomic E-state index is 11.4. The normalized spacial score (nSPS) is 30.0. The first-order valence-corrected chi connectivity index (χ1v) is 4.21. The van der Waals surface area contributed by atoms with Gasteiger partial charge in [0.05, 0.1) is 5.54 Å². The number of carbonyl (C=O) groups is 1. The van der Waals surface area contributed by atoms with Crippen LogP contribution in [0.3, 0.4) is 0 Å². The molecule has 0 saturated carbocycles. The van der Waals surface area contributed by atoms with Crippen LogP contribution in [0.2, 0.25) is 0 Å². The van der Waals surface area contributed by atoms with Crippen molar-refractivity contribution in [3.8, 4) is 0 Å². The van der Waals surface area contributed by atoms with Gasteiger partial charge < -0.3 is 15.4 Å². The molecule has 1 unspecified atom stereocenters. The summed E-state index contributed by atoms with van der Waals surface area (Å²) in [5.74, 6) is 0.0748. The molecule has 1 fully saturated rings. The van der Waals surface area contributed by atoms with Gasteiger partial charge in [-0.25, -0.2) is 0 Å². The van der Waals surface area contributed by atoms with Crippen LogP contribution in [0, 0.1) is 0 Å². The van der Waals surface area contributed by atoms with Gasteiger partial charge in [-0.1, -0.05) is 0 Å². The van der Waals surface area contributed by atoms with E-state index in [1.54, 1.807) is 7.11 Å². The Morgan fingerprint density at radius 2 is 2.33 bits per heavy atom. The Morgan fingerprint density at radius 3 is 2.92 bits per heavy atom. The zero-order chi connectivity index (χ0) is 9.03. The van der Waals surface area contributed by atoms with Gasteiger partial charge >= 0.3 is 0 Å². The average molecular weight is 172 g/mol. The highest BCUT2D eigenvalue weighted by atomic mass is 16.5. The standard InChI is InChI=1S/C8H16N2O2/c1-8(3-6-12-2)7(11)9-4-5-10-8/h10H,3-6H2,1-2H3,(H,9,11). The second-order valence-corrected chi connectivity index (χ2v) is 3.26. The van der Waals surface area contributed by atoms with Crippen LogP contribution in [0.15, 0.2) is 0 Å². The molecule has 0 aliphatic carbocycles. The van der Waals surface area contributed by atoms with Crippen molar-refractivity contribution >= 4 is 5.91 Å². The average Bonchev–Trinajstić information content (AvgIpc) is 2.07. The molecule has 0 spiro atoms. The van der Waals surface area contributed by atoms with Crippen molar-refractivity contribution in [1.29, 1.82) is 0 Å². The van der Waals surface area contributed by atoms with E-state index in [1.165, 1.54) is 0 Å². The fraction of sp³-hybridized carbons (Fsp3) is 0.875. The lowest BCUT2D eigenvalue weighted by Crippen LogP contribution is -2.61. The van der Waals surface area contributed by atoms with Gasteiger partial charge in [0.1, 0.15) is 0 Å². The Hall–Kier alpha value is -0.610. The highest BCUT2D eigenvalue weighted by Gasteiger charge is 2.34. The third kappa shape index (κ3) is 1.95. The molecular weight excluding hydrogens is 156 g/mol. The van der Waals surface area contributed by atoms with Crippen LogP contribution in [0.25, 0.3) is 0 Å². The topological polar surface area (TPSA) is 50.4 Å². The lowest BCUT2D eigenvalue weighted by molar-refractivity contribution is -0.129. The van der Waals surface area contributed by atoms with Gasteiger partial charge in [0, 0.05) is 26.8 Å². The highest BCUT2D eigenvalue weighted by molar-refractivity contribution is 5.86. The number of piperazine rings is 1. The molecule has 12 heavy (non-hydrogen) atoms. The maximum Gasteiger partial charge on any atom is 0.240 e. The van der Waals surface area contributed by atoms with Gasteiger partial charge in [0.2, 0.25) is 5.91 Å². The van der Waals surface area contributed by atoms with E-state index in [4.69, 9.17) is 4.74 Å². The van der Waals surface area contributed by atoms with Gasteiger partial charge in [0.25, 0.3) is 0 Å². The predicted octanol–water partition coefficient (Wildman–Crippen LogP) is -0.499. The van der Waals surface area contributed by atoms with E-state index < -0.39 is 5.54 Å². The first-order chi connectivity index (χ1) is 5.69. The first-order valence-electron chi connectivity index (χ1n) is 4.21. The molecule has 0 aromatic rings. The van der Waals surface area contributed by atoms with Crippen molar-refractivity contribution < 1.29 is 9.53 Å². The summed E-state index contributed by atoms with van der Waals surface area (Å²) in [6.07, 6.45) is 0.718. The molecule has 0 radical (unpaired) electrons. The van der Waals surface area contributed by atoms with E-state index >= 15 is 0 Å². The number of hydrogen-bond donors (Lipinski definition) is 2. The molecule has 4 nitrogen and oxygen atoms in total. The molecule has 1 saturated heterocycles. The third-order valence-corrected chi connectivity index (χ3v) is 2.23. The number of methoxy groups -OCH3 is 1. The summed E-state index contributed by atoms with van der Waals surface area (Å²) < 4.78 is 4.94. The first kappa shape index (κ1) is 9.48. The predicted molar refractivity (Wildman–Crippen MR) is 45.9 cm³/mol. The fourth-order valence-corrected chi connectivity index (χ4v) is 1.30. The van der Waals surface area contributed by atoms with Crippen LogP contribution in [0.4, 0.5) is 0 Å². The number of rotatable bonds is 3. The molecule has 1 amide bonds. The molecule has 1 aliphatic heterocycles. The van der Waals surface area contributed by atoms with E-state index in [2.05, 4.69) is 10.6 Å². The van der Waals surface area contributed by atoms with E-state index in [0.717, 1.165) is 19.5 Å². The van der Waals surface area contributed by atoms with E-state index in [0.29, 0.717) is 6.61 Å². The lowest BCUT2D eigenvalue weighted by atomic mass is 9.95. The molecule has 70 valence electrons. The van der Waals surface area contributed by atoms with Gasteiger partial charge in [0.15, 0.2) is 0 Å². The van der Waals surface area contributed by atoms with E-state index in [-0.39, 0.29) is 5.91 Å². The van der Waals surface area contributed by atoms with Crippen molar-refractivity contribution in [2.24, 2.45) is 0 Å². The molecule has 1 rings (SSSR count). The Bertz CT molecular complexity index is 172. The summed E-state index contributed by atoms with van der Waals surface area (Å²) in [5.41, 5.74) is -0.436. The quantitative estimate of drug-likeness (QED) is 0.603. The largest absolute Gasteiger partial charge is 0.385 e. The summed E-state index contributed by atoms with van der Waals surface area (Å²) in [5, 5.41) is 6.01. The maximum atomic E-state index is 11.4. The Kier molecular flexibility index (Phi) is 3.05. The minimum absolute atomic E-state index is 0.0748. The van der Waals surface area contributed by atoms with Crippen LogP contribution in [0.5, 0.6) is 0 Å². The number of nitrogens with one attached hydrogen (secondary N) is 2. The van der Waals surface area contributed by atoms with Crippen molar-refractivity contribution in [3.63, 3.8) is 0 Å². The number of ether oxygens (including phenoxy) is 1. The van der Waals surface area contributed by atoms with Crippen LogP contribution in [-0.2, 0) is 9.53 Å². The molecule has 1 atom stereocenters. The monoisotopic (exact) mass is 172 g/mol. The van der Waals surface area contributed by atoms with Gasteiger partial charge in [-0.05, 0) is 13.3 Å². The minimum Gasteiger partial charge on any atom is -0.385 e. The SMILES string of the molecule is COCCC1(C)NCCNC1=O. The lowest BCUT2D eigenvalue weighted by Gasteiger charge is -2.33. The van der Waals surface area contributed by atoms with Crippen molar-refractivity contribution in [1.82, 2.24) is 10.6 Å². The Morgan fingerprint density at radius 1 is 1.58 bits per heavy atom. The number of hydrogen-bond acceptors (Lipinski definition) is 3. The minimum atomic E-state index is -0.436. The summed E-state index contributed by atoms with van der Waals surface area (Å²) in [4.78, 5) is 11.4. The smallest absolute Gasteiger partial charge is 0.240 e. The van der Waals surface area contributed by atoms with Crippen molar-refractivity contribution in [2.45, 2.75) is 18.9 Å². The number of amides is 1. The number of carbonyl (C=O) groups excluding carboxylic acids is 1. The zero-order valence-corrected chi connectivity index (χ0v) is 7.64. The molecule has 1 aliphatic rings.